The summed E-state index contributed by atoms with van der Waals surface area (Å²) in [5, 5.41) is 6.86. The molecule has 0 saturated carbocycles. The molecule has 2 heterocycles. The minimum Gasteiger partial charge on any atom is -0.297 e. The minimum atomic E-state index is -0.206. The van der Waals surface area contributed by atoms with Gasteiger partial charge in [0.05, 0.1) is 13.0 Å². The van der Waals surface area contributed by atoms with Crippen molar-refractivity contribution in [3.63, 3.8) is 0 Å². The summed E-state index contributed by atoms with van der Waals surface area (Å²) in [6, 6.07) is 0. The summed E-state index contributed by atoms with van der Waals surface area (Å²) in [6.07, 6.45) is -0.0215. The lowest BCUT2D eigenvalue weighted by molar-refractivity contribution is -0.121. The molecule has 7 heteroatoms. The average Bonchev–Trinajstić information content (AvgIpc) is 2.58. The second kappa shape index (κ2) is 3.00. The molecule has 0 radical (unpaired) electrons. The lowest BCUT2D eigenvalue weighted by atomic mass is 10.3. The Morgan fingerprint density at radius 3 is 2.77 bits per heavy atom. The highest BCUT2D eigenvalue weighted by atomic mass is 32.1. The van der Waals surface area contributed by atoms with Crippen LogP contribution in [0.2, 0.25) is 0 Å². The number of carbonyl (C=O) groups excluding carboxylic acids is 2. The maximum atomic E-state index is 11.2. The molecule has 1 aliphatic heterocycles. The van der Waals surface area contributed by atoms with Crippen LogP contribution in [0.4, 0.5) is 5.13 Å². The van der Waals surface area contributed by atoms with E-state index < -0.39 is 0 Å². The highest BCUT2D eigenvalue weighted by Gasteiger charge is 2.30. The number of anilines is 1. The number of hydrogen-bond donors (Lipinski definition) is 1. The molecule has 1 aromatic heterocycles. The molecule has 0 atom stereocenters. The molecule has 0 aromatic carbocycles. The summed E-state index contributed by atoms with van der Waals surface area (Å²) in [6.45, 7) is 0.120. The third-order valence-corrected chi connectivity index (χ3v) is 2.75. The summed E-state index contributed by atoms with van der Waals surface area (Å²) in [4.78, 5) is 23.5. The number of rotatable bonds is 1. The van der Waals surface area contributed by atoms with Crippen molar-refractivity contribution < 1.29 is 9.59 Å². The van der Waals surface area contributed by atoms with Crippen LogP contribution in [0.25, 0.3) is 0 Å². The molecular weight excluding hydrogens is 210 g/mol. The van der Waals surface area contributed by atoms with Crippen LogP contribution in [0.1, 0.15) is 6.42 Å². The normalized spacial score (nSPS) is 17.1. The molecule has 1 aliphatic rings. The number of carbonyl (C=O) groups is 2. The van der Waals surface area contributed by atoms with E-state index in [-0.39, 0.29) is 24.7 Å². The number of nitrogens with zero attached hydrogens (tertiary/aromatic N) is 2. The molecule has 5 nitrogen and oxygen atoms in total. The van der Waals surface area contributed by atoms with E-state index in [1.807, 2.05) is 0 Å². The van der Waals surface area contributed by atoms with Gasteiger partial charge in [-0.1, -0.05) is 11.3 Å². The Morgan fingerprint density at radius 1 is 1.54 bits per heavy atom. The standard InChI is InChI=1S/C6H5N3O2S2/c10-3-1-4(11)9(2-3)5-7-8-6(12)13-5/h1-2H2,(H,8,12). The van der Waals surface area contributed by atoms with Gasteiger partial charge in [-0.25, -0.2) is 0 Å². The van der Waals surface area contributed by atoms with E-state index in [9.17, 15) is 9.59 Å². The van der Waals surface area contributed by atoms with Crippen LogP contribution in [0.3, 0.4) is 0 Å². The monoisotopic (exact) mass is 215 g/mol. The largest absolute Gasteiger partial charge is 0.297 e. The van der Waals surface area contributed by atoms with E-state index in [2.05, 4.69) is 10.2 Å². The maximum absolute atomic E-state index is 11.2. The van der Waals surface area contributed by atoms with Crippen molar-refractivity contribution in [3.05, 3.63) is 3.95 Å². The summed E-state index contributed by atoms with van der Waals surface area (Å²) in [5.41, 5.74) is 0. The van der Waals surface area contributed by atoms with Crippen LogP contribution < -0.4 is 4.90 Å². The maximum Gasteiger partial charge on any atom is 0.236 e. The van der Waals surface area contributed by atoms with E-state index in [4.69, 9.17) is 12.2 Å². The molecule has 0 aliphatic carbocycles. The molecule has 1 fully saturated rings. The summed E-state index contributed by atoms with van der Waals surface area (Å²) >= 11 is 6.01. The fourth-order valence-corrected chi connectivity index (χ4v) is 1.99. The third-order valence-electron chi connectivity index (χ3n) is 1.64. The number of H-pyrrole nitrogens is 1. The van der Waals surface area contributed by atoms with Crippen LogP contribution >= 0.6 is 23.6 Å². The van der Waals surface area contributed by atoms with Crippen LogP contribution in [-0.2, 0) is 9.59 Å². The molecule has 2 rings (SSSR count). The topological polar surface area (TPSA) is 66.1 Å². The van der Waals surface area contributed by atoms with E-state index >= 15 is 0 Å². The van der Waals surface area contributed by atoms with Crippen molar-refractivity contribution in [2.45, 2.75) is 6.42 Å². The number of ketones is 1. The van der Waals surface area contributed by atoms with Crippen LogP contribution in [0.5, 0.6) is 0 Å². The molecule has 0 spiro atoms. The molecule has 1 aromatic rings. The second-order valence-corrected chi connectivity index (χ2v) is 4.24. The van der Waals surface area contributed by atoms with Gasteiger partial charge in [0.2, 0.25) is 11.0 Å². The predicted octanol–water partition coefficient (Wildman–Crippen LogP) is 0.506. The molecule has 68 valence electrons. The van der Waals surface area contributed by atoms with Gasteiger partial charge in [0.25, 0.3) is 0 Å². The quantitative estimate of drug-likeness (QED) is 0.547. The van der Waals surface area contributed by atoms with Gasteiger partial charge < -0.3 is 0 Å². The highest BCUT2D eigenvalue weighted by molar-refractivity contribution is 7.73. The lowest BCUT2D eigenvalue weighted by Crippen LogP contribution is -2.24. The van der Waals surface area contributed by atoms with Crippen molar-refractivity contribution in [2.75, 3.05) is 11.4 Å². The Kier molecular flexibility index (Phi) is 1.97. The number of amides is 1. The number of hydrogen-bond acceptors (Lipinski definition) is 5. The molecule has 1 N–H and O–H groups in total. The minimum absolute atomic E-state index is 0.0215. The van der Waals surface area contributed by atoms with Gasteiger partial charge in [-0.3, -0.25) is 19.6 Å². The average molecular weight is 215 g/mol. The van der Waals surface area contributed by atoms with Crippen molar-refractivity contribution in [3.8, 4) is 0 Å². The highest BCUT2D eigenvalue weighted by Crippen LogP contribution is 2.21. The van der Waals surface area contributed by atoms with E-state index in [0.29, 0.717) is 9.09 Å². The van der Waals surface area contributed by atoms with Gasteiger partial charge in [0.1, 0.15) is 0 Å². The second-order valence-electron chi connectivity index (χ2n) is 2.59. The van der Waals surface area contributed by atoms with Crippen LogP contribution in [0, 0.1) is 3.95 Å². The molecule has 13 heavy (non-hydrogen) atoms. The zero-order valence-corrected chi connectivity index (χ0v) is 8.07. The first-order chi connectivity index (χ1) is 6.16. The van der Waals surface area contributed by atoms with Gasteiger partial charge in [0.15, 0.2) is 9.74 Å². The first-order valence-corrected chi connectivity index (χ1v) is 4.77. The Balaban J connectivity index is 2.32. The first kappa shape index (κ1) is 8.52. The van der Waals surface area contributed by atoms with Gasteiger partial charge in [0, 0.05) is 0 Å². The van der Waals surface area contributed by atoms with E-state index in [1.165, 1.54) is 16.2 Å². The SMILES string of the molecule is O=C1CC(=O)N(c2n[nH]c(=S)s2)C1. The zero-order valence-electron chi connectivity index (χ0n) is 6.44. The van der Waals surface area contributed by atoms with Crippen molar-refractivity contribution in [1.82, 2.24) is 10.2 Å². The van der Waals surface area contributed by atoms with Gasteiger partial charge in [-0.05, 0) is 12.2 Å². The third kappa shape index (κ3) is 1.52. The Hall–Kier alpha value is -1.08. The van der Waals surface area contributed by atoms with Gasteiger partial charge in [-0.2, -0.15) is 0 Å². The first-order valence-electron chi connectivity index (χ1n) is 3.54. The number of Topliss-reactive ketones (excluding diaryl/α,β-unsaturated/α-hetero) is 1. The van der Waals surface area contributed by atoms with Crippen molar-refractivity contribution >= 4 is 40.4 Å². The smallest absolute Gasteiger partial charge is 0.236 e. The Labute approximate surface area is 82.4 Å². The van der Waals surface area contributed by atoms with Gasteiger partial charge in [-0.15, -0.1) is 5.10 Å². The molecule has 1 amide bonds. The number of nitrogens with one attached hydrogen (secondary N) is 1. The Bertz CT molecular complexity index is 422. The zero-order chi connectivity index (χ0) is 9.42. The van der Waals surface area contributed by atoms with Crippen LogP contribution in [0.15, 0.2) is 0 Å². The van der Waals surface area contributed by atoms with Gasteiger partial charge >= 0.3 is 0 Å². The van der Waals surface area contributed by atoms with E-state index in [1.54, 1.807) is 0 Å². The lowest BCUT2D eigenvalue weighted by Gasteiger charge is -2.07. The fourth-order valence-electron chi connectivity index (χ4n) is 1.10. The number of aromatic nitrogens is 2. The summed E-state index contributed by atoms with van der Waals surface area (Å²) < 4.78 is 0.502. The van der Waals surface area contributed by atoms with Crippen molar-refractivity contribution in [1.29, 1.82) is 0 Å². The summed E-state index contributed by atoms with van der Waals surface area (Å²) in [7, 11) is 0. The predicted molar refractivity (Wildman–Crippen MR) is 49.3 cm³/mol. The molecular formula is C6H5N3O2S2. The fraction of sp³-hybridized carbons (Fsp3) is 0.333. The Morgan fingerprint density at radius 2 is 2.31 bits per heavy atom. The summed E-state index contributed by atoms with van der Waals surface area (Å²) in [5.74, 6) is -0.283. The van der Waals surface area contributed by atoms with Crippen LogP contribution in [-0.4, -0.2) is 28.4 Å². The van der Waals surface area contributed by atoms with Crippen molar-refractivity contribution in [2.24, 2.45) is 0 Å². The molecule has 0 bridgehead atoms. The molecule has 0 unspecified atom stereocenters. The molecule has 1 saturated heterocycles. The number of aromatic amines is 1. The van der Waals surface area contributed by atoms with E-state index in [0.717, 1.165) is 0 Å².